The molecule has 1 rings (SSSR count). The number of anilines is 1. The van der Waals surface area contributed by atoms with E-state index >= 15 is 0 Å². The summed E-state index contributed by atoms with van der Waals surface area (Å²) in [5.74, 6) is -1.51. The van der Waals surface area contributed by atoms with Crippen LogP contribution in [0.25, 0.3) is 0 Å². The minimum Gasteiger partial charge on any atom is -0.494 e. The maximum Gasteiger partial charge on any atom is 0.412 e. The van der Waals surface area contributed by atoms with Crippen molar-refractivity contribution in [3.05, 3.63) is 27.8 Å². The smallest absolute Gasteiger partial charge is 0.412 e. The van der Waals surface area contributed by atoms with Crippen LogP contribution in [0, 0.1) is 10.1 Å². The Morgan fingerprint density at radius 3 is 2.32 bits per heavy atom. The van der Waals surface area contributed by atoms with Crippen molar-refractivity contribution in [1.29, 1.82) is 0 Å². The van der Waals surface area contributed by atoms with Gasteiger partial charge >= 0.3 is 12.1 Å². The number of nitrogens with zero attached hydrogens (tertiary/aromatic N) is 1. The highest BCUT2D eigenvalue weighted by atomic mass is 16.6. The Balaban J connectivity index is 3.30. The molecule has 1 aromatic carbocycles. The van der Waals surface area contributed by atoms with Crippen LogP contribution in [0.15, 0.2) is 12.1 Å². The zero-order valence-electron chi connectivity index (χ0n) is 12.5. The Kier molecular flexibility index (Phi) is 4.92. The molecule has 0 unspecified atom stereocenters. The molecule has 0 fully saturated rings. The molecular formula is C13H16N2O7. The molecule has 0 heterocycles. The predicted molar refractivity (Wildman–Crippen MR) is 76.5 cm³/mol. The van der Waals surface area contributed by atoms with Gasteiger partial charge in [-0.15, -0.1) is 0 Å². The van der Waals surface area contributed by atoms with E-state index in [9.17, 15) is 19.7 Å². The second kappa shape index (κ2) is 6.29. The second-order valence-corrected chi connectivity index (χ2v) is 5.26. The van der Waals surface area contributed by atoms with E-state index in [1.54, 1.807) is 20.8 Å². The molecule has 1 amide bonds. The van der Waals surface area contributed by atoms with Crippen molar-refractivity contribution < 1.29 is 29.1 Å². The summed E-state index contributed by atoms with van der Waals surface area (Å²) in [6.07, 6.45) is -0.919. The zero-order valence-corrected chi connectivity index (χ0v) is 12.5. The number of hydrogen-bond donors (Lipinski definition) is 2. The predicted octanol–water partition coefficient (Wildman–Crippen LogP) is 2.65. The summed E-state index contributed by atoms with van der Waals surface area (Å²) in [4.78, 5) is 33.0. The molecular weight excluding hydrogens is 296 g/mol. The summed E-state index contributed by atoms with van der Waals surface area (Å²) in [7, 11) is 1.20. The van der Waals surface area contributed by atoms with E-state index in [1.165, 1.54) is 7.11 Å². The van der Waals surface area contributed by atoms with E-state index in [2.05, 4.69) is 5.32 Å². The van der Waals surface area contributed by atoms with Crippen molar-refractivity contribution in [3.63, 3.8) is 0 Å². The summed E-state index contributed by atoms with van der Waals surface area (Å²) in [5.41, 5.74) is -2.01. The molecule has 0 aliphatic carbocycles. The fourth-order valence-electron chi connectivity index (χ4n) is 1.56. The van der Waals surface area contributed by atoms with E-state index in [1.807, 2.05) is 0 Å². The first kappa shape index (κ1) is 17.2. The summed E-state index contributed by atoms with van der Waals surface area (Å²) >= 11 is 0. The number of nitro benzene ring substituents is 1. The summed E-state index contributed by atoms with van der Waals surface area (Å²) in [5, 5.41) is 22.3. The van der Waals surface area contributed by atoms with Crippen LogP contribution in [0.4, 0.5) is 16.2 Å². The molecule has 0 spiro atoms. The minimum absolute atomic E-state index is 0.155. The Morgan fingerprint density at radius 1 is 1.32 bits per heavy atom. The van der Waals surface area contributed by atoms with Gasteiger partial charge in [0, 0.05) is 6.07 Å². The van der Waals surface area contributed by atoms with Crippen LogP contribution in [0.5, 0.6) is 5.75 Å². The van der Waals surface area contributed by atoms with E-state index in [4.69, 9.17) is 14.6 Å². The average molecular weight is 312 g/mol. The molecule has 0 atom stereocenters. The Labute approximate surface area is 126 Å². The molecule has 9 heteroatoms. The lowest BCUT2D eigenvalue weighted by atomic mass is 10.1. The zero-order chi connectivity index (χ0) is 17.1. The van der Waals surface area contributed by atoms with Gasteiger partial charge in [-0.05, 0) is 26.8 Å². The standard InChI is InChI=1S/C13H16N2O7/c1-13(2,3)22-12(18)14-10-8(15(19)20)5-7(11(16)17)6-9(10)21-4/h5-6H,1-4H3,(H,14,18)(H,16,17). The van der Waals surface area contributed by atoms with Crippen molar-refractivity contribution in [2.24, 2.45) is 0 Å². The van der Waals surface area contributed by atoms with Crippen molar-refractivity contribution >= 4 is 23.4 Å². The van der Waals surface area contributed by atoms with Gasteiger partial charge in [0.1, 0.15) is 11.4 Å². The maximum absolute atomic E-state index is 11.8. The molecule has 0 saturated heterocycles. The highest BCUT2D eigenvalue weighted by Gasteiger charge is 2.26. The van der Waals surface area contributed by atoms with E-state index in [0.717, 1.165) is 12.1 Å². The number of carboxylic acid groups (broad SMARTS) is 1. The SMILES string of the molecule is COc1cc(C(=O)O)cc([N+](=O)[O-])c1NC(=O)OC(C)(C)C. The van der Waals surface area contributed by atoms with Crippen LogP contribution in [-0.4, -0.2) is 34.8 Å². The van der Waals surface area contributed by atoms with E-state index in [-0.39, 0.29) is 17.0 Å². The summed E-state index contributed by atoms with van der Waals surface area (Å²) in [6.45, 7) is 4.89. The largest absolute Gasteiger partial charge is 0.494 e. The highest BCUT2D eigenvalue weighted by molar-refractivity contribution is 5.95. The van der Waals surface area contributed by atoms with Gasteiger partial charge in [0.05, 0.1) is 17.6 Å². The first-order chi connectivity index (χ1) is 10.0. The number of nitro groups is 1. The normalized spacial score (nSPS) is 10.7. The number of carbonyl (C=O) groups excluding carboxylic acids is 1. The van der Waals surface area contributed by atoms with E-state index < -0.39 is 28.3 Å². The van der Waals surface area contributed by atoms with Crippen molar-refractivity contribution in [2.45, 2.75) is 26.4 Å². The monoisotopic (exact) mass is 312 g/mol. The van der Waals surface area contributed by atoms with Crippen molar-refractivity contribution in [2.75, 3.05) is 12.4 Å². The number of carbonyl (C=O) groups is 2. The highest BCUT2D eigenvalue weighted by Crippen LogP contribution is 2.36. The number of amides is 1. The van der Waals surface area contributed by atoms with Crippen LogP contribution in [0.1, 0.15) is 31.1 Å². The van der Waals surface area contributed by atoms with Gasteiger partial charge in [-0.2, -0.15) is 0 Å². The minimum atomic E-state index is -1.36. The van der Waals surface area contributed by atoms with Gasteiger partial charge in [-0.25, -0.2) is 9.59 Å². The van der Waals surface area contributed by atoms with Gasteiger partial charge < -0.3 is 14.6 Å². The molecule has 0 aliphatic rings. The van der Waals surface area contributed by atoms with E-state index in [0.29, 0.717) is 0 Å². The molecule has 0 saturated carbocycles. The average Bonchev–Trinajstić information content (AvgIpc) is 2.35. The number of aromatic carboxylic acids is 1. The number of rotatable bonds is 4. The van der Waals surface area contributed by atoms with Crippen LogP contribution >= 0.6 is 0 Å². The quantitative estimate of drug-likeness (QED) is 0.646. The first-order valence-electron chi connectivity index (χ1n) is 6.15. The second-order valence-electron chi connectivity index (χ2n) is 5.26. The summed E-state index contributed by atoms with van der Waals surface area (Å²) in [6, 6.07) is 1.90. The van der Waals surface area contributed by atoms with Gasteiger partial charge in [0.15, 0.2) is 5.69 Å². The molecule has 120 valence electrons. The number of methoxy groups -OCH3 is 1. The lowest BCUT2D eigenvalue weighted by Gasteiger charge is -2.20. The fraction of sp³-hybridized carbons (Fsp3) is 0.385. The number of hydrogen-bond acceptors (Lipinski definition) is 6. The van der Waals surface area contributed by atoms with Crippen LogP contribution < -0.4 is 10.1 Å². The molecule has 0 bridgehead atoms. The molecule has 0 aromatic heterocycles. The maximum atomic E-state index is 11.8. The molecule has 1 aromatic rings. The van der Waals surface area contributed by atoms with Gasteiger partial charge in [0.25, 0.3) is 5.69 Å². The number of ether oxygens (including phenoxy) is 2. The lowest BCUT2D eigenvalue weighted by Crippen LogP contribution is -2.27. The number of nitrogens with one attached hydrogen (secondary N) is 1. The molecule has 2 N–H and O–H groups in total. The third kappa shape index (κ3) is 4.33. The van der Waals surface area contributed by atoms with Gasteiger partial charge in [-0.1, -0.05) is 0 Å². The van der Waals surface area contributed by atoms with Crippen LogP contribution in [0.3, 0.4) is 0 Å². The number of benzene rings is 1. The Morgan fingerprint density at radius 2 is 1.91 bits per heavy atom. The third-order valence-electron chi connectivity index (χ3n) is 2.37. The Bertz CT molecular complexity index is 620. The van der Waals surface area contributed by atoms with Crippen molar-refractivity contribution in [1.82, 2.24) is 0 Å². The first-order valence-corrected chi connectivity index (χ1v) is 6.15. The van der Waals surface area contributed by atoms with Crippen LogP contribution in [0.2, 0.25) is 0 Å². The molecule has 0 radical (unpaired) electrons. The van der Waals surface area contributed by atoms with Crippen molar-refractivity contribution in [3.8, 4) is 5.75 Å². The van der Waals surface area contributed by atoms with Gasteiger partial charge in [0.2, 0.25) is 0 Å². The third-order valence-corrected chi connectivity index (χ3v) is 2.37. The topological polar surface area (TPSA) is 128 Å². The lowest BCUT2D eigenvalue weighted by molar-refractivity contribution is -0.384. The van der Waals surface area contributed by atoms with Gasteiger partial charge in [-0.3, -0.25) is 15.4 Å². The fourth-order valence-corrected chi connectivity index (χ4v) is 1.56. The Hall–Kier alpha value is -2.84. The molecule has 22 heavy (non-hydrogen) atoms. The molecule has 9 nitrogen and oxygen atoms in total. The van der Waals surface area contributed by atoms with Crippen LogP contribution in [-0.2, 0) is 4.74 Å². The molecule has 0 aliphatic heterocycles. The number of carboxylic acids is 1. The summed E-state index contributed by atoms with van der Waals surface area (Å²) < 4.78 is 9.93.